The average Bonchev–Trinajstić information content (AvgIpc) is 2.67. The van der Waals surface area contributed by atoms with E-state index in [4.69, 9.17) is 11.6 Å². The fourth-order valence-corrected chi connectivity index (χ4v) is 3.77. The smallest absolute Gasteiger partial charge is 0.383 e. The molecule has 0 fully saturated rings. The van der Waals surface area contributed by atoms with Crippen molar-refractivity contribution < 1.29 is 18.3 Å². The molecule has 0 bridgehead atoms. The highest BCUT2D eigenvalue weighted by Crippen LogP contribution is 2.42. The first-order valence-electron chi connectivity index (χ1n) is 5.19. The largest absolute Gasteiger partial charge is 0.416 e. The van der Waals surface area contributed by atoms with Crippen molar-refractivity contribution >= 4 is 54.8 Å². The van der Waals surface area contributed by atoms with Crippen molar-refractivity contribution in [2.24, 2.45) is 0 Å². The van der Waals surface area contributed by atoms with Crippen LogP contribution in [0.25, 0.3) is 0 Å². The van der Waals surface area contributed by atoms with Crippen LogP contribution in [0.3, 0.4) is 0 Å². The average molecular weight is 451 g/mol. The summed E-state index contributed by atoms with van der Waals surface area (Å²) < 4.78 is 40.3. The van der Waals surface area contributed by atoms with E-state index in [1.54, 1.807) is 0 Å². The van der Waals surface area contributed by atoms with E-state index in [0.717, 1.165) is 17.4 Å². The van der Waals surface area contributed by atoms with Gasteiger partial charge in [-0.05, 0) is 39.7 Å². The van der Waals surface area contributed by atoms with Crippen molar-refractivity contribution in [3.8, 4) is 0 Å². The number of alkyl halides is 3. The molecule has 1 heterocycles. The van der Waals surface area contributed by atoms with Crippen LogP contribution in [0.15, 0.2) is 33.2 Å². The third-order valence-corrected chi connectivity index (χ3v) is 5.57. The van der Waals surface area contributed by atoms with E-state index in [1.807, 2.05) is 0 Å². The van der Waals surface area contributed by atoms with Gasteiger partial charge >= 0.3 is 6.18 Å². The van der Waals surface area contributed by atoms with Crippen LogP contribution in [0, 0.1) is 0 Å². The normalized spacial score (nSPS) is 13.6. The zero-order valence-electron chi connectivity index (χ0n) is 9.51. The predicted octanol–water partition coefficient (Wildman–Crippen LogP) is 6.03. The van der Waals surface area contributed by atoms with Gasteiger partial charge in [0.2, 0.25) is 0 Å². The molecular weight excluding hydrogens is 444 g/mol. The van der Waals surface area contributed by atoms with Gasteiger partial charge in [0.15, 0.2) is 0 Å². The van der Waals surface area contributed by atoms with Gasteiger partial charge in [0.1, 0.15) is 10.4 Å². The third-order valence-electron chi connectivity index (χ3n) is 2.55. The molecule has 0 aliphatic rings. The van der Waals surface area contributed by atoms with Gasteiger partial charge in [-0.3, -0.25) is 0 Å². The van der Waals surface area contributed by atoms with E-state index in [2.05, 4.69) is 31.9 Å². The Morgan fingerprint density at radius 1 is 1.20 bits per heavy atom. The van der Waals surface area contributed by atoms with Gasteiger partial charge in [-0.1, -0.05) is 33.6 Å². The number of halogens is 6. The van der Waals surface area contributed by atoms with E-state index < -0.39 is 17.8 Å². The Kier molecular flexibility index (Phi) is 4.86. The summed E-state index contributed by atoms with van der Waals surface area (Å²) in [4.78, 5) is 0.342. The van der Waals surface area contributed by atoms with Crippen LogP contribution in [-0.2, 0) is 6.18 Å². The summed E-state index contributed by atoms with van der Waals surface area (Å²) >= 11 is 13.0. The quantitative estimate of drug-likeness (QED) is 0.593. The van der Waals surface area contributed by atoms with E-state index >= 15 is 0 Å². The fraction of sp³-hybridized carbons (Fsp3) is 0.167. The molecule has 2 rings (SSSR count). The molecule has 1 unspecified atom stereocenters. The first-order valence-corrected chi connectivity index (χ1v) is 7.97. The second kappa shape index (κ2) is 5.96. The van der Waals surface area contributed by atoms with Crippen LogP contribution in [0.5, 0.6) is 0 Å². The van der Waals surface area contributed by atoms with E-state index in [0.29, 0.717) is 18.2 Å². The molecule has 0 saturated carbocycles. The number of thiophene rings is 1. The maximum Gasteiger partial charge on any atom is 0.416 e. The van der Waals surface area contributed by atoms with Gasteiger partial charge in [0.05, 0.1) is 5.56 Å². The molecular formula is C12H6Br2ClF3OS. The molecule has 108 valence electrons. The fourth-order valence-electron chi connectivity index (χ4n) is 1.66. The highest BCUT2D eigenvalue weighted by Gasteiger charge is 2.35. The Hall–Kier alpha value is -0.0800. The van der Waals surface area contributed by atoms with Crippen molar-refractivity contribution in [1.82, 2.24) is 0 Å². The maximum atomic E-state index is 13.0. The summed E-state index contributed by atoms with van der Waals surface area (Å²) in [6, 6.07) is 5.17. The minimum absolute atomic E-state index is 0.203. The van der Waals surface area contributed by atoms with Crippen LogP contribution in [0.4, 0.5) is 13.2 Å². The summed E-state index contributed by atoms with van der Waals surface area (Å²) in [5.41, 5.74) is -1.08. The maximum absolute atomic E-state index is 13.0. The summed E-state index contributed by atoms with van der Waals surface area (Å²) in [5.74, 6) is 0. The number of hydrogen-bond donors (Lipinski definition) is 1. The van der Waals surface area contributed by atoms with Crippen molar-refractivity contribution in [2.75, 3.05) is 0 Å². The van der Waals surface area contributed by atoms with Gasteiger partial charge in [-0.2, -0.15) is 13.2 Å². The van der Waals surface area contributed by atoms with Crippen LogP contribution >= 0.6 is 54.8 Å². The molecule has 1 aromatic heterocycles. The molecule has 1 aromatic carbocycles. The topological polar surface area (TPSA) is 20.2 Å². The lowest BCUT2D eigenvalue weighted by atomic mass is 10.0. The molecule has 0 amide bonds. The minimum Gasteiger partial charge on any atom is -0.383 e. The molecule has 0 aliphatic heterocycles. The third kappa shape index (κ3) is 3.39. The van der Waals surface area contributed by atoms with Gasteiger partial charge in [0.25, 0.3) is 0 Å². The molecule has 20 heavy (non-hydrogen) atoms. The number of hydrogen-bond acceptors (Lipinski definition) is 2. The molecule has 0 radical (unpaired) electrons. The number of benzene rings is 1. The van der Waals surface area contributed by atoms with Crippen molar-refractivity contribution in [3.63, 3.8) is 0 Å². The molecule has 0 aliphatic carbocycles. The lowest BCUT2D eigenvalue weighted by molar-refractivity contribution is -0.139. The summed E-state index contributed by atoms with van der Waals surface area (Å²) in [6.07, 6.45) is -5.92. The molecule has 2 aromatic rings. The van der Waals surface area contributed by atoms with Crippen molar-refractivity contribution in [2.45, 2.75) is 12.3 Å². The van der Waals surface area contributed by atoms with Gasteiger partial charge < -0.3 is 5.11 Å². The Bertz CT molecular complexity index is 623. The standard InChI is InChI=1S/C12H6Br2ClF3OS/c13-5-1-2-6(7(3-5)12(16,17)18)10(19)9-4-8(14)11(15)20-9/h1-4,10,19H. The van der Waals surface area contributed by atoms with Crippen LogP contribution in [0.1, 0.15) is 22.1 Å². The highest BCUT2D eigenvalue weighted by atomic mass is 79.9. The van der Waals surface area contributed by atoms with Crippen molar-refractivity contribution in [1.29, 1.82) is 0 Å². The summed E-state index contributed by atoms with van der Waals surface area (Å²) in [7, 11) is 0. The highest BCUT2D eigenvalue weighted by molar-refractivity contribution is 9.10. The second-order valence-corrected chi connectivity index (χ2v) is 7.36. The monoisotopic (exact) mass is 448 g/mol. The first kappa shape index (κ1) is 16.3. The zero-order valence-corrected chi connectivity index (χ0v) is 14.3. The van der Waals surface area contributed by atoms with Crippen LogP contribution < -0.4 is 0 Å². The molecule has 1 nitrogen and oxygen atoms in total. The van der Waals surface area contributed by atoms with Gasteiger partial charge in [-0.15, -0.1) is 11.3 Å². The Morgan fingerprint density at radius 2 is 1.85 bits per heavy atom. The Balaban J connectivity index is 2.52. The second-order valence-electron chi connectivity index (χ2n) is 3.90. The molecule has 0 saturated heterocycles. The lowest BCUT2D eigenvalue weighted by Gasteiger charge is -2.17. The Morgan fingerprint density at radius 3 is 2.35 bits per heavy atom. The molecule has 1 N–H and O–H groups in total. The molecule has 1 atom stereocenters. The molecule has 8 heteroatoms. The minimum atomic E-state index is -4.54. The zero-order chi connectivity index (χ0) is 15.1. The van der Waals surface area contributed by atoms with Crippen molar-refractivity contribution in [3.05, 3.63) is 53.6 Å². The first-order chi connectivity index (χ1) is 9.20. The van der Waals surface area contributed by atoms with Crippen LogP contribution in [0.2, 0.25) is 4.34 Å². The Labute approximate surface area is 138 Å². The van der Waals surface area contributed by atoms with Gasteiger partial charge in [-0.25, -0.2) is 0 Å². The molecule has 0 spiro atoms. The SMILES string of the molecule is OC(c1cc(Br)c(Cl)s1)c1ccc(Br)cc1C(F)(F)F. The van der Waals surface area contributed by atoms with E-state index in [-0.39, 0.29) is 5.56 Å². The van der Waals surface area contributed by atoms with E-state index in [9.17, 15) is 18.3 Å². The van der Waals surface area contributed by atoms with Crippen LogP contribution in [-0.4, -0.2) is 5.11 Å². The lowest BCUT2D eigenvalue weighted by Crippen LogP contribution is -2.12. The number of aliphatic hydroxyl groups is 1. The van der Waals surface area contributed by atoms with E-state index in [1.165, 1.54) is 18.2 Å². The summed E-state index contributed by atoms with van der Waals surface area (Å²) in [5, 5.41) is 10.2. The number of rotatable bonds is 2. The number of aliphatic hydroxyl groups excluding tert-OH is 1. The summed E-state index contributed by atoms with van der Waals surface area (Å²) in [6.45, 7) is 0. The van der Waals surface area contributed by atoms with Gasteiger partial charge in [0, 0.05) is 13.8 Å². The predicted molar refractivity (Wildman–Crippen MR) is 80.2 cm³/mol.